The van der Waals surface area contributed by atoms with E-state index in [0.717, 1.165) is 38.2 Å². The summed E-state index contributed by atoms with van der Waals surface area (Å²) in [6.45, 7) is 7.90. The lowest BCUT2D eigenvalue weighted by Gasteiger charge is -2.45. The summed E-state index contributed by atoms with van der Waals surface area (Å²) in [4.78, 5) is 17.8. The molecule has 0 aliphatic carbocycles. The number of rotatable bonds is 5. The summed E-state index contributed by atoms with van der Waals surface area (Å²) in [5, 5.41) is 3.86. The number of anilines is 1. The predicted octanol–water partition coefficient (Wildman–Crippen LogP) is 3.16. The van der Waals surface area contributed by atoms with Crippen molar-refractivity contribution in [2.45, 2.75) is 38.6 Å². The van der Waals surface area contributed by atoms with Crippen LogP contribution < -0.4 is 15.0 Å². The minimum absolute atomic E-state index is 0.0557. The molecule has 0 saturated carbocycles. The molecule has 4 heterocycles. The molecule has 1 aromatic rings. The van der Waals surface area contributed by atoms with E-state index in [9.17, 15) is 4.79 Å². The van der Waals surface area contributed by atoms with E-state index in [0.29, 0.717) is 28.9 Å². The summed E-state index contributed by atoms with van der Waals surface area (Å²) in [6.07, 6.45) is 4.62. The normalized spacial score (nSPS) is 27.0. The van der Waals surface area contributed by atoms with Crippen LogP contribution in [-0.2, 0) is 0 Å². The number of benzene rings is 1. The summed E-state index contributed by atoms with van der Waals surface area (Å²) in [5.74, 6) is 1.23. The van der Waals surface area contributed by atoms with Crippen LogP contribution in [0.2, 0.25) is 5.02 Å². The fraction of sp³-hybridized carbons (Fsp3) is 0.650. The number of amides is 1. The van der Waals surface area contributed by atoms with Gasteiger partial charge in [-0.05, 0) is 50.4 Å². The van der Waals surface area contributed by atoms with Crippen LogP contribution >= 0.6 is 11.6 Å². The Bertz CT molecular complexity index is 673. The number of fused-ring (bicyclic) bond motifs is 4. The molecule has 26 heavy (non-hydrogen) atoms. The van der Waals surface area contributed by atoms with Crippen LogP contribution in [0.5, 0.6) is 5.75 Å². The van der Waals surface area contributed by atoms with Gasteiger partial charge < -0.3 is 19.9 Å². The topological polar surface area (TPSA) is 44.8 Å². The molecule has 3 fully saturated rings. The van der Waals surface area contributed by atoms with Gasteiger partial charge in [0, 0.05) is 24.2 Å². The highest BCUT2D eigenvalue weighted by molar-refractivity contribution is 6.31. The highest BCUT2D eigenvalue weighted by Gasteiger charge is 2.36. The maximum absolute atomic E-state index is 13.0. The van der Waals surface area contributed by atoms with E-state index in [1.54, 1.807) is 6.07 Å². The molecule has 1 N–H and O–H groups in total. The molecule has 142 valence electrons. The number of carbonyl (C=O) groups is 1. The van der Waals surface area contributed by atoms with Crippen LogP contribution in [0.1, 0.15) is 43.0 Å². The van der Waals surface area contributed by atoms with Crippen molar-refractivity contribution >= 4 is 23.2 Å². The molecule has 0 aromatic heterocycles. The first-order valence-electron chi connectivity index (χ1n) is 9.90. The monoisotopic (exact) mass is 377 g/mol. The molecule has 1 amide bonds. The van der Waals surface area contributed by atoms with Crippen molar-refractivity contribution in [2.75, 3.05) is 44.2 Å². The van der Waals surface area contributed by atoms with E-state index in [-0.39, 0.29) is 11.9 Å². The summed E-state index contributed by atoms with van der Waals surface area (Å²) in [7, 11) is 0. The van der Waals surface area contributed by atoms with Gasteiger partial charge in [-0.25, -0.2) is 0 Å². The number of piperidine rings is 3. The first-order valence-corrected chi connectivity index (χ1v) is 10.3. The molecule has 3 saturated heterocycles. The number of unbranched alkanes of at least 4 members (excludes halogenated alkanes) is 1. The third-order valence-corrected chi connectivity index (χ3v) is 6.20. The Balaban J connectivity index is 1.56. The number of hydrogen-bond donors (Lipinski definition) is 1. The Hall–Kier alpha value is -1.46. The van der Waals surface area contributed by atoms with E-state index >= 15 is 0 Å². The fourth-order valence-corrected chi connectivity index (χ4v) is 4.68. The molecule has 1 unspecified atom stereocenters. The van der Waals surface area contributed by atoms with Crippen molar-refractivity contribution < 1.29 is 9.53 Å². The van der Waals surface area contributed by atoms with E-state index in [1.165, 1.54) is 25.9 Å². The predicted molar refractivity (Wildman–Crippen MR) is 104 cm³/mol. The lowest BCUT2D eigenvalue weighted by molar-refractivity contribution is 0.0618. The average Bonchev–Trinajstić information content (AvgIpc) is 2.66. The average molecular weight is 378 g/mol. The molecule has 1 atom stereocenters. The molecule has 5 rings (SSSR count). The molecule has 0 radical (unpaired) electrons. The SMILES string of the molecule is CCCCN1CCOc2c(C(=O)NC3CN4CCC3CC4)cc(Cl)cc21. The van der Waals surface area contributed by atoms with Gasteiger partial charge in [0.15, 0.2) is 5.75 Å². The van der Waals surface area contributed by atoms with Crippen LogP contribution in [0.4, 0.5) is 5.69 Å². The van der Waals surface area contributed by atoms with E-state index in [4.69, 9.17) is 16.3 Å². The Labute approximate surface area is 160 Å². The van der Waals surface area contributed by atoms with Gasteiger partial charge in [-0.1, -0.05) is 24.9 Å². The molecule has 6 heteroatoms. The number of hydrogen-bond acceptors (Lipinski definition) is 4. The zero-order chi connectivity index (χ0) is 18.1. The number of carbonyl (C=O) groups excluding carboxylic acids is 1. The number of halogens is 1. The molecule has 2 bridgehead atoms. The lowest BCUT2D eigenvalue weighted by Crippen LogP contribution is -2.57. The molecule has 1 aromatic carbocycles. The summed E-state index contributed by atoms with van der Waals surface area (Å²) in [6, 6.07) is 3.91. The summed E-state index contributed by atoms with van der Waals surface area (Å²) < 4.78 is 5.92. The van der Waals surface area contributed by atoms with Crippen molar-refractivity contribution in [3.8, 4) is 5.75 Å². The van der Waals surface area contributed by atoms with E-state index in [2.05, 4.69) is 22.0 Å². The van der Waals surface area contributed by atoms with Gasteiger partial charge >= 0.3 is 0 Å². The Morgan fingerprint density at radius 3 is 2.81 bits per heavy atom. The smallest absolute Gasteiger partial charge is 0.255 e. The minimum Gasteiger partial charge on any atom is -0.489 e. The molecule has 4 aliphatic rings. The van der Waals surface area contributed by atoms with Gasteiger partial charge in [0.1, 0.15) is 6.61 Å². The number of ether oxygens (including phenoxy) is 1. The van der Waals surface area contributed by atoms with Gasteiger partial charge in [0.2, 0.25) is 0 Å². The van der Waals surface area contributed by atoms with Crippen LogP contribution in [0.3, 0.4) is 0 Å². The highest BCUT2D eigenvalue weighted by Crippen LogP contribution is 2.38. The first kappa shape index (κ1) is 17.9. The van der Waals surface area contributed by atoms with E-state index in [1.807, 2.05) is 6.07 Å². The van der Waals surface area contributed by atoms with Gasteiger partial charge in [-0.3, -0.25) is 4.79 Å². The lowest BCUT2D eigenvalue weighted by atomic mass is 9.84. The van der Waals surface area contributed by atoms with Gasteiger partial charge in [-0.15, -0.1) is 0 Å². The summed E-state index contributed by atoms with van der Waals surface area (Å²) >= 11 is 6.36. The van der Waals surface area contributed by atoms with Gasteiger partial charge in [0.05, 0.1) is 17.8 Å². The number of nitrogens with zero attached hydrogens (tertiary/aromatic N) is 2. The molecule has 5 nitrogen and oxygen atoms in total. The maximum Gasteiger partial charge on any atom is 0.255 e. The van der Waals surface area contributed by atoms with Crippen LogP contribution in [-0.4, -0.2) is 56.2 Å². The zero-order valence-corrected chi connectivity index (χ0v) is 16.2. The number of nitrogens with one attached hydrogen (secondary N) is 1. The Kier molecular flexibility index (Phi) is 5.28. The van der Waals surface area contributed by atoms with Crippen molar-refractivity contribution in [1.29, 1.82) is 0 Å². The van der Waals surface area contributed by atoms with Gasteiger partial charge in [0.25, 0.3) is 5.91 Å². The second-order valence-corrected chi connectivity index (χ2v) is 8.15. The van der Waals surface area contributed by atoms with Crippen molar-refractivity contribution in [1.82, 2.24) is 10.2 Å². The molecular formula is C20H28ClN3O2. The van der Waals surface area contributed by atoms with Crippen molar-refractivity contribution in [3.63, 3.8) is 0 Å². The second kappa shape index (κ2) is 7.65. The van der Waals surface area contributed by atoms with E-state index < -0.39 is 0 Å². The Morgan fingerprint density at radius 1 is 1.31 bits per heavy atom. The molecular weight excluding hydrogens is 350 g/mol. The quantitative estimate of drug-likeness (QED) is 0.856. The highest BCUT2D eigenvalue weighted by atomic mass is 35.5. The largest absolute Gasteiger partial charge is 0.489 e. The van der Waals surface area contributed by atoms with Crippen LogP contribution in [0.25, 0.3) is 0 Å². The van der Waals surface area contributed by atoms with Crippen molar-refractivity contribution in [2.24, 2.45) is 5.92 Å². The third kappa shape index (κ3) is 3.52. The van der Waals surface area contributed by atoms with Crippen LogP contribution in [0.15, 0.2) is 12.1 Å². The van der Waals surface area contributed by atoms with Crippen molar-refractivity contribution in [3.05, 3.63) is 22.7 Å². The fourth-order valence-electron chi connectivity index (χ4n) is 4.47. The molecule has 4 aliphatic heterocycles. The van der Waals surface area contributed by atoms with Crippen LogP contribution in [0, 0.1) is 5.92 Å². The third-order valence-electron chi connectivity index (χ3n) is 5.98. The first-order chi connectivity index (χ1) is 12.7. The second-order valence-electron chi connectivity index (χ2n) is 7.71. The van der Waals surface area contributed by atoms with Gasteiger partial charge in [-0.2, -0.15) is 0 Å². The summed E-state index contributed by atoms with van der Waals surface area (Å²) in [5.41, 5.74) is 1.53. The zero-order valence-electron chi connectivity index (χ0n) is 15.5. The maximum atomic E-state index is 13.0. The molecule has 0 spiro atoms. The Morgan fingerprint density at radius 2 is 2.12 bits per heavy atom. The minimum atomic E-state index is -0.0557. The standard InChI is InChI=1S/C20H28ClN3O2/c1-2-3-6-24-9-10-26-19-16(11-15(21)12-18(19)24)20(25)22-17-13-23-7-4-14(17)5-8-23/h11-12,14,17H,2-10,13H2,1H3,(H,22,25).